The number of thiophene rings is 1. The Kier molecular flexibility index (Phi) is 6.73. The van der Waals surface area contributed by atoms with E-state index >= 15 is 0 Å². The highest BCUT2D eigenvalue weighted by atomic mass is 32.1. The first-order valence-corrected chi connectivity index (χ1v) is 11.9. The van der Waals surface area contributed by atoms with Crippen molar-refractivity contribution in [2.45, 2.75) is 45.7 Å². The van der Waals surface area contributed by atoms with Gasteiger partial charge in [0, 0.05) is 29.9 Å². The van der Waals surface area contributed by atoms with E-state index in [1.54, 1.807) is 4.90 Å². The van der Waals surface area contributed by atoms with Crippen LogP contribution in [0.2, 0.25) is 0 Å². The molecule has 2 aliphatic rings. The molecule has 0 aliphatic carbocycles. The molecule has 0 spiro atoms. The number of likely N-dealkylation sites (N-methyl/N-ethyl adjacent to an activating group) is 1. The highest BCUT2D eigenvalue weighted by Gasteiger charge is 2.31. The predicted octanol–water partition coefficient (Wildman–Crippen LogP) is 4.43. The maximum absolute atomic E-state index is 13.7. The number of carbonyl (C=O) groups excluding carboxylic acids is 1. The number of anilines is 3. The Morgan fingerprint density at radius 2 is 1.90 bits per heavy atom. The fourth-order valence-electron chi connectivity index (χ4n) is 4.64. The molecule has 1 aromatic heterocycles. The van der Waals surface area contributed by atoms with E-state index in [2.05, 4.69) is 23.6 Å². The Hall–Kier alpha value is -1.93. The third-order valence-corrected chi connectivity index (χ3v) is 7.10. The molecule has 30 heavy (non-hydrogen) atoms. The Labute approximate surface area is 183 Å². The zero-order valence-corrected chi connectivity index (χ0v) is 18.7. The SMILES string of the molecule is CCN(CC)CC1CCCCN1CC(=O)N1c2ccccc2CN([O-])c2cscc21. The van der Waals surface area contributed by atoms with Crippen LogP contribution >= 0.6 is 11.3 Å². The maximum atomic E-state index is 13.7. The lowest BCUT2D eigenvalue weighted by atomic mass is 10.0. The molecule has 4 rings (SSSR count). The van der Waals surface area contributed by atoms with Crippen LogP contribution in [0.15, 0.2) is 35.0 Å². The Bertz CT molecular complexity index is 866. The summed E-state index contributed by atoms with van der Waals surface area (Å²) >= 11 is 1.47. The van der Waals surface area contributed by atoms with Gasteiger partial charge in [0.25, 0.3) is 0 Å². The van der Waals surface area contributed by atoms with Gasteiger partial charge in [-0.1, -0.05) is 38.5 Å². The van der Waals surface area contributed by atoms with E-state index in [1.165, 1.54) is 17.8 Å². The molecule has 0 N–H and O–H groups in total. The highest BCUT2D eigenvalue weighted by Crippen LogP contribution is 2.42. The summed E-state index contributed by atoms with van der Waals surface area (Å²) in [5, 5.41) is 17.5. The number of hydroxylamine groups is 1. The number of hydrogen-bond donors (Lipinski definition) is 0. The second-order valence-corrected chi connectivity index (χ2v) is 8.89. The lowest BCUT2D eigenvalue weighted by molar-refractivity contribution is -0.120. The lowest BCUT2D eigenvalue weighted by Gasteiger charge is -2.39. The average molecular weight is 428 g/mol. The van der Waals surface area contributed by atoms with Gasteiger partial charge in [0.1, 0.15) is 0 Å². The van der Waals surface area contributed by atoms with Crippen LogP contribution in [0.4, 0.5) is 17.1 Å². The molecule has 3 heterocycles. The fourth-order valence-corrected chi connectivity index (χ4v) is 5.43. The van der Waals surface area contributed by atoms with E-state index in [1.807, 2.05) is 35.0 Å². The summed E-state index contributed by atoms with van der Waals surface area (Å²) in [4.78, 5) is 20.3. The normalized spacial score (nSPS) is 19.5. The second kappa shape index (κ2) is 9.47. The molecule has 1 unspecified atom stereocenters. The van der Waals surface area contributed by atoms with Crippen molar-refractivity contribution in [3.63, 3.8) is 0 Å². The maximum Gasteiger partial charge on any atom is 0.245 e. The van der Waals surface area contributed by atoms with Gasteiger partial charge in [0.15, 0.2) is 0 Å². The number of nitrogens with zero attached hydrogens (tertiary/aromatic N) is 4. The van der Waals surface area contributed by atoms with Crippen molar-refractivity contribution in [3.8, 4) is 0 Å². The van der Waals surface area contributed by atoms with Crippen LogP contribution in [0.5, 0.6) is 0 Å². The minimum absolute atomic E-state index is 0.0452. The number of fused-ring (bicyclic) bond motifs is 2. The molecule has 162 valence electrons. The van der Waals surface area contributed by atoms with E-state index in [4.69, 9.17) is 0 Å². The largest absolute Gasteiger partial charge is 0.758 e. The molecule has 2 aliphatic heterocycles. The molecule has 1 aromatic carbocycles. The van der Waals surface area contributed by atoms with Gasteiger partial charge in [0.2, 0.25) is 5.91 Å². The van der Waals surface area contributed by atoms with Crippen molar-refractivity contribution in [3.05, 3.63) is 45.8 Å². The van der Waals surface area contributed by atoms with E-state index in [0.717, 1.165) is 55.3 Å². The van der Waals surface area contributed by atoms with Crippen LogP contribution < -0.4 is 9.96 Å². The minimum atomic E-state index is 0.0452. The third kappa shape index (κ3) is 4.25. The summed E-state index contributed by atoms with van der Waals surface area (Å²) in [6.07, 6.45) is 3.50. The van der Waals surface area contributed by atoms with Crippen molar-refractivity contribution < 1.29 is 4.79 Å². The topological polar surface area (TPSA) is 53.1 Å². The number of piperidine rings is 1. The summed E-state index contributed by atoms with van der Waals surface area (Å²) in [5.41, 5.74) is 3.02. The smallest absolute Gasteiger partial charge is 0.245 e. The van der Waals surface area contributed by atoms with Crippen molar-refractivity contribution in [1.29, 1.82) is 0 Å². The molecule has 0 radical (unpaired) electrons. The second-order valence-electron chi connectivity index (χ2n) is 8.14. The van der Waals surface area contributed by atoms with Gasteiger partial charge in [0.05, 0.1) is 23.6 Å². The summed E-state index contributed by atoms with van der Waals surface area (Å²) in [5.74, 6) is 0.0452. The summed E-state index contributed by atoms with van der Waals surface area (Å²) in [6.45, 7) is 9.07. The molecule has 1 amide bonds. The van der Waals surface area contributed by atoms with Gasteiger partial charge in [-0.2, -0.15) is 0 Å². The Morgan fingerprint density at radius 1 is 1.13 bits per heavy atom. The zero-order valence-electron chi connectivity index (χ0n) is 17.9. The minimum Gasteiger partial charge on any atom is -0.758 e. The van der Waals surface area contributed by atoms with Crippen molar-refractivity contribution in [2.24, 2.45) is 0 Å². The van der Waals surface area contributed by atoms with Crippen molar-refractivity contribution in [2.75, 3.05) is 42.7 Å². The van der Waals surface area contributed by atoms with Crippen LogP contribution in [-0.4, -0.2) is 54.5 Å². The van der Waals surface area contributed by atoms with Crippen molar-refractivity contribution in [1.82, 2.24) is 9.80 Å². The monoisotopic (exact) mass is 427 g/mol. The van der Waals surface area contributed by atoms with Crippen molar-refractivity contribution >= 4 is 34.3 Å². The van der Waals surface area contributed by atoms with Gasteiger partial charge in [-0.05, 0) is 44.1 Å². The third-order valence-electron chi connectivity index (χ3n) is 6.38. The van der Waals surface area contributed by atoms with E-state index < -0.39 is 0 Å². The molecule has 0 bridgehead atoms. The molecule has 7 heteroatoms. The number of rotatable bonds is 6. The quantitative estimate of drug-likeness (QED) is 0.683. The number of benzene rings is 1. The lowest BCUT2D eigenvalue weighted by Crippen LogP contribution is -2.50. The molecule has 2 aromatic rings. The molecule has 1 saturated heterocycles. The molecule has 0 saturated carbocycles. The first kappa shape index (κ1) is 21.3. The van der Waals surface area contributed by atoms with E-state index in [-0.39, 0.29) is 12.5 Å². The number of amides is 1. The molecule has 1 atom stereocenters. The number of hydrogen-bond acceptors (Lipinski definition) is 6. The number of likely N-dealkylation sites (tertiary alicyclic amines) is 1. The highest BCUT2D eigenvalue weighted by molar-refractivity contribution is 7.09. The first-order valence-electron chi connectivity index (χ1n) is 11.0. The van der Waals surface area contributed by atoms with E-state index in [0.29, 0.717) is 24.0 Å². The van der Waals surface area contributed by atoms with Crippen LogP contribution in [0.3, 0.4) is 0 Å². The van der Waals surface area contributed by atoms with E-state index in [9.17, 15) is 10.0 Å². The molecule has 1 fully saturated rings. The van der Waals surface area contributed by atoms with Crippen LogP contribution in [-0.2, 0) is 11.3 Å². The van der Waals surface area contributed by atoms with Gasteiger partial charge in [-0.3, -0.25) is 14.6 Å². The predicted molar refractivity (Wildman–Crippen MR) is 124 cm³/mol. The van der Waals surface area contributed by atoms with Crippen LogP contribution in [0, 0.1) is 5.21 Å². The number of carbonyl (C=O) groups is 1. The Balaban J connectivity index is 1.61. The van der Waals surface area contributed by atoms with Gasteiger partial charge >= 0.3 is 0 Å². The summed E-state index contributed by atoms with van der Waals surface area (Å²) < 4.78 is 0. The fraction of sp³-hybridized carbons (Fsp3) is 0.522. The summed E-state index contributed by atoms with van der Waals surface area (Å²) in [6, 6.07) is 8.17. The Morgan fingerprint density at radius 3 is 2.70 bits per heavy atom. The van der Waals surface area contributed by atoms with Gasteiger partial charge in [-0.15, -0.1) is 11.3 Å². The average Bonchev–Trinajstić information content (AvgIpc) is 3.20. The molecule has 6 nitrogen and oxygen atoms in total. The number of para-hydroxylation sites is 1. The summed E-state index contributed by atoms with van der Waals surface area (Å²) in [7, 11) is 0. The van der Waals surface area contributed by atoms with Gasteiger partial charge in [-0.25, -0.2) is 0 Å². The molecular formula is C23H31N4O2S-. The van der Waals surface area contributed by atoms with Crippen LogP contribution in [0.25, 0.3) is 0 Å². The van der Waals surface area contributed by atoms with Crippen LogP contribution in [0.1, 0.15) is 38.7 Å². The standard InChI is InChI=1S/C23H31N4O2S/c1-3-24(4-2)14-19-10-7-8-12-25(19)15-23(28)27-20-11-6-5-9-18(20)13-26(29)21-16-30-17-22(21)27/h5-6,9,11,16-17,19H,3-4,7-8,10,12-15H2,1-2H3/q-1. The first-order chi connectivity index (χ1) is 14.6. The van der Waals surface area contributed by atoms with Gasteiger partial charge < -0.3 is 15.2 Å². The molecular weight excluding hydrogens is 396 g/mol. The zero-order chi connectivity index (χ0) is 21.1.